The summed E-state index contributed by atoms with van der Waals surface area (Å²) in [6, 6.07) is 114. The number of hydrogen-bond acceptors (Lipinski definition) is 1. The number of rotatable bonds is 10. The van der Waals surface area contributed by atoms with Gasteiger partial charge < -0.3 is 14.0 Å². The van der Waals surface area contributed by atoms with Crippen LogP contribution in [0.1, 0.15) is 25.0 Å². The maximum absolute atomic E-state index is 2.55. The van der Waals surface area contributed by atoms with Gasteiger partial charge in [-0.3, -0.25) is 0 Å². The third-order valence-corrected chi connectivity index (χ3v) is 17.7. The molecular weight excluding hydrogens is 1010 g/mol. The van der Waals surface area contributed by atoms with E-state index in [0.717, 1.165) is 61.7 Å². The van der Waals surface area contributed by atoms with Crippen molar-refractivity contribution in [2.45, 2.75) is 19.3 Å². The second-order valence-corrected chi connectivity index (χ2v) is 22.9. The molecule has 16 rings (SSSR count). The first-order valence-electron chi connectivity index (χ1n) is 29.1. The van der Waals surface area contributed by atoms with Gasteiger partial charge in [0.1, 0.15) is 0 Å². The lowest BCUT2D eigenvalue weighted by molar-refractivity contribution is 0.660. The third-order valence-electron chi connectivity index (χ3n) is 17.7. The molecule has 0 fully saturated rings. The van der Waals surface area contributed by atoms with Crippen molar-refractivity contribution >= 4 is 60.7 Å². The molecule has 0 saturated heterocycles. The maximum atomic E-state index is 2.55. The number of para-hydroxylation sites is 3. The SMILES string of the molecule is CC1(C)c2ccccc2-c2ccc(N(c3ccc(-c4ccccc4)cc3)c3ccc(-c4cc(-c5ccccc5)cc5c6cc(-c7ccccc7)cc(-c7ccc8c(c7)c7ccccc7n8-c7ccccc7)c6n(-c6ccccc6)c45)cc3)cc21. The molecule has 0 spiro atoms. The highest BCUT2D eigenvalue weighted by Gasteiger charge is 2.36. The zero-order chi connectivity index (χ0) is 55.9. The molecule has 3 nitrogen and oxygen atoms in total. The lowest BCUT2D eigenvalue weighted by Crippen LogP contribution is -2.16. The molecule has 0 N–H and O–H groups in total. The Morgan fingerprint density at radius 1 is 0.250 bits per heavy atom. The minimum atomic E-state index is -0.155. The van der Waals surface area contributed by atoms with Crippen LogP contribution in [0.5, 0.6) is 0 Å². The van der Waals surface area contributed by atoms with Crippen LogP contribution >= 0.6 is 0 Å². The van der Waals surface area contributed by atoms with Gasteiger partial charge in [0.25, 0.3) is 0 Å². The van der Waals surface area contributed by atoms with Crippen molar-refractivity contribution in [3.05, 3.63) is 321 Å². The molecule has 0 aliphatic heterocycles. The van der Waals surface area contributed by atoms with Gasteiger partial charge in [-0.25, -0.2) is 0 Å². The Balaban J connectivity index is 0.936. The second-order valence-electron chi connectivity index (χ2n) is 22.9. The normalized spacial score (nSPS) is 12.5. The van der Waals surface area contributed by atoms with E-state index in [1.807, 2.05) is 0 Å². The van der Waals surface area contributed by atoms with Crippen LogP contribution < -0.4 is 4.90 Å². The average molecular weight is 1070 g/mol. The van der Waals surface area contributed by atoms with E-state index < -0.39 is 0 Å². The summed E-state index contributed by atoms with van der Waals surface area (Å²) in [6.07, 6.45) is 0. The van der Waals surface area contributed by atoms with Crippen molar-refractivity contribution < 1.29 is 0 Å². The van der Waals surface area contributed by atoms with E-state index >= 15 is 0 Å². The number of fused-ring (bicyclic) bond motifs is 9. The molecule has 1 aliphatic carbocycles. The van der Waals surface area contributed by atoms with Crippen molar-refractivity contribution in [1.82, 2.24) is 9.13 Å². The third kappa shape index (κ3) is 8.03. The molecule has 13 aromatic carbocycles. The quantitative estimate of drug-likeness (QED) is 0.133. The molecule has 0 bridgehead atoms. The van der Waals surface area contributed by atoms with E-state index in [1.54, 1.807) is 0 Å². The van der Waals surface area contributed by atoms with Crippen LogP contribution in [0.15, 0.2) is 309 Å². The van der Waals surface area contributed by atoms with Crippen molar-refractivity contribution in [3.63, 3.8) is 0 Å². The van der Waals surface area contributed by atoms with Crippen LogP contribution in [-0.4, -0.2) is 9.13 Å². The molecule has 2 heterocycles. The van der Waals surface area contributed by atoms with Gasteiger partial charge >= 0.3 is 0 Å². The first-order valence-corrected chi connectivity index (χ1v) is 29.1. The highest BCUT2D eigenvalue weighted by atomic mass is 15.1. The molecule has 1 aliphatic rings. The summed E-state index contributed by atoms with van der Waals surface area (Å²) in [5, 5.41) is 4.83. The largest absolute Gasteiger partial charge is 0.310 e. The summed E-state index contributed by atoms with van der Waals surface area (Å²) in [5.41, 5.74) is 27.1. The lowest BCUT2D eigenvalue weighted by atomic mass is 9.82. The van der Waals surface area contributed by atoms with E-state index in [1.165, 1.54) is 88.2 Å². The van der Waals surface area contributed by atoms with Crippen molar-refractivity contribution in [3.8, 4) is 78.1 Å². The minimum absolute atomic E-state index is 0.155. The van der Waals surface area contributed by atoms with Crippen LogP contribution in [0.4, 0.5) is 17.1 Å². The summed E-state index contributed by atoms with van der Waals surface area (Å²) in [5.74, 6) is 0. The predicted molar refractivity (Wildman–Crippen MR) is 355 cm³/mol. The Morgan fingerprint density at radius 3 is 1.26 bits per heavy atom. The summed E-state index contributed by atoms with van der Waals surface area (Å²) in [6.45, 7) is 4.73. The van der Waals surface area contributed by atoms with E-state index in [-0.39, 0.29) is 5.41 Å². The summed E-state index contributed by atoms with van der Waals surface area (Å²) in [7, 11) is 0. The van der Waals surface area contributed by atoms with E-state index in [2.05, 4.69) is 337 Å². The molecular formula is C81H57N3. The van der Waals surface area contributed by atoms with Gasteiger partial charge in [0.15, 0.2) is 0 Å². The number of aromatic nitrogens is 2. The van der Waals surface area contributed by atoms with Gasteiger partial charge in [-0.05, 0) is 170 Å². The first kappa shape index (κ1) is 49.1. The average Bonchev–Trinajstić information content (AvgIpc) is 2.05. The number of nitrogens with zero attached hydrogens (tertiary/aromatic N) is 3. The van der Waals surface area contributed by atoms with E-state index in [9.17, 15) is 0 Å². The predicted octanol–water partition coefficient (Wildman–Crippen LogP) is 22.0. The van der Waals surface area contributed by atoms with Gasteiger partial charge in [-0.2, -0.15) is 0 Å². The Morgan fingerprint density at radius 2 is 0.667 bits per heavy atom. The van der Waals surface area contributed by atoms with Gasteiger partial charge in [0.2, 0.25) is 0 Å². The fourth-order valence-electron chi connectivity index (χ4n) is 13.6. The topological polar surface area (TPSA) is 13.1 Å². The standard InChI is InChI=1S/C81H57N3/c1-81(2)75-34-20-18-32-67(75)68-46-45-66(53-76(68)81)82(64-41-36-57(37-42-64)54-22-8-3-9-23-54)65-43-38-58(39-44-65)70-49-60(55-24-10-4-11-25-55)51-73-74-52-61(56-26-12-5-13-27-56)50-71(80(74)84(79(70)73)63-30-16-7-17-31-63)59-40-47-78-72(48-59)69-33-19-21-35-77(69)83(78)62-28-14-6-15-29-62/h3-53H,1-2H3. The monoisotopic (exact) mass is 1070 g/mol. The van der Waals surface area contributed by atoms with Crippen molar-refractivity contribution in [2.24, 2.45) is 0 Å². The molecule has 0 unspecified atom stereocenters. The van der Waals surface area contributed by atoms with Crippen molar-refractivity contribution in [2.75, 3.05) is 4.90 Å². The highest BCUT2D eigenvalue weighted by molar-refractivity contribution is 6.20. The molecule has 0 atom stereocenters. The van der Waals surface area contributed by atoms with Crippen LogP contribution in [0.25, 0.3) is 122 Å². The summed E-state index contributed by atoms with van der Waals surface area (Å²) in [4.78, 5) is 2.43. The maximum Gasteiger partial charge on any atom is 0.0620 e. The molecule has 396 valence electrons. The van der Waals surface area contributed by atoms with Gasteiger partial charge in [-0.1, -0.05) is 220 Å². The Kier molecular flexibility index (Phi) is 11.6. The van der Waals surface area contributed by atoms with Gasteiger partial charge in [0.05, 0.1) is 22.1 Å². The van der Waals surface area contributed by atoms with E-state index in [4.69, 9.17) is 0 Å². The molecule has 0 amide bonds. The van der Waals surface area contributed by atoms with Crippen molar-refractivity contribution in [1.29, 1.82) is 0 Å². The number of anilines is 3. The molecule has 15 aromatic rings. The van der Waals surface area contributed by atoms with Gasteiger partial charge in [0, 0.05) is 66.5 Å². The number of benzene rings is 13. The van der Waals surface area contributed by atoms with Gasteiger partial charge in [-0.15, -0.1) is 0 Å². The number of hydrogen-bond donors (Lipinski definition) is 0. The van der Waals surface area contributed by atoms with Crippen LogP contribution in [0.2, 0.25) is 0 Å². The Hall–Kier alpha value is -10.7. The zero-order valence-electron chi connectivity index (χ0n) is 46.8. The smallest absolute Gasteiger partial charge is 0.0620 e. The molecule has 0 saturated carbocycles. The molecule has 84 heavy (non-hydrogen) atoms. The molecule has 2 aromatic heterocycles. The summed E-state index contributed by atoms with van der Waals surface area (Å²) < 4.78 is 4.95. The zero-order valence-corrected chi connectivity index (χ0v) is 46.8. The van der Waals surface area contributed by atoms with E-state index in [0.29, 0.717) is 0 Å². The first-order chi connectivity index (χ1) is 41.4. The fraction of sp³-hybridized carbons (Fsp3) is 0.0370. The molecule has 3 heteroatoms. The van der Waals surface area contributed by atoms with Crippen LogP contribution in [0, 0.1) is 0 Å². The lowest BCUT2D eigenvalue weighted by Gasteiger charge is -2.28. The van der Waals surface area contributed by atoms with Crippen LogP contribution in [-0.2, 0) is 5.41 Å². The second kappa shape index (κ2) is 19.8. The Labute approximate surface area is 489 Å². The Bertz CT molecular complexity index is 4980. The minimum Gasteiger partial charge on any atom is -0.310 e. The molecule has 0 radical (unpaired) electrons. The highest BCUT2D eigenvalue weighted by Crippen LogP contribution is 2.52. The fourth-order valence-corrected chi connectivity index (χ4v) is 13.6. The van der Waals surface area contributed by atoms with Crippen LogP contribution in [0.3, 0.4) is 0 Å². The summed E-state index contributed by atoms with van der Waals surface area (Å²) >= 11 is 0.